The van der Waals surface area contributed by atoms with Gasteiger partial charge < -0.3 is 14.7 Å². The molecular weight excluding hydrogens is 538 g/mol. The second kappa shape index (κ2) is 11.7. The number of hydrogen-bond acceptors (Lipinski definition) is 5. The number of alkyl halides is 3. The molecule has 1 aromatic heterocycles. The number of aromatic nitrogens is 1. The Morgan fingerprint density at radius 2 is 1.79 bits per heavy atom. The summed E-state index contributed by atoms with van der Waals surface area (Å²) in [6.07, 6.45) is -2.83. The van der Waals surface area contributed by atoms with Gasteiger partial charge in [-0.15, -0.1) is 0 Å². The molecule has 4 rings (SSSR count). The fourth-order valence-electron chi connectivity index (χ4n) is 4.67. The number of benzene rings is 2. The monoisotopic (exact) mass is 567 g/mol. The van der Waals surface area contributed by atoms with Crippen molar-refractivity contribution in [2.24, 2.45) is 0 Å². The first kappa shape index (κ1) is 28.5. The fraction of sp³-hybridized carbons (Fsp3) is 0.393. The second-order valence-electron chi connectivity index (χ2n) is 9.66. The zero-order valence-electron chi connectivity index (χ0n) is 21.2. The number of ether oxygens (including phenoxy) is 1. The van der Waals surface area contributed by atoms with Gasteiger partial charge in [0.1, 0.15) is 11.4 Å². The molecule has 1 N–H and O–H groups in total. The molecule has 5 nitrogen and oxygen atoms in total. The van der Waals surface area contributed by atoms with Crippen LogP contribution in [0.5, 0.6) is 5.75 Å². The van der Waals surface area contributed by atoms with Gasteiger partial charge in [0, 0.05) is 43.5 Å². The van der Waals surface area contributed by atoms with Crippen molar-refractivity contribution in [1.29, 1.82) is 0 Å². The molecule has 0 unspecified atom stereocenters. The molecule has 204 valence electrons. The smallest absolute Gasteiger partial charge is 0.417 e. The highest BCUT2D eigenvalue weighted by molar-refractivity contribution is 6.33. The van der Waals surface area contributed by atoms with E-state index in [0.717, 1.165) is 29.9 Å². The Morgan fingerprint density at radius 1 is 1.05 bits per heavy atom. The zero-order chi connectivity index (χ0) is 27.5. The van der Waals surface area contributed by atoms with Crippen molar-refractivity contribution >= 4 is 28.9 Å². The average molecular weight is 568 g/mol. The molecule has 0 spiro atoms. The Labute approximate surface area is 230 Å². The summed E-state index contributed by atoms with van der Waals surface area (Å²) in [6, 6.07) is 15.3. The van der Waals surface area contributed by atoms with E-state index in [-0.39, 0.29) is 18.3 Å². The largest absolute Gasteiger partial charge is 0.494 e. The van der Waals surface area contributed by atoms with Crippen molar-refractivity contribution in [2.75, 3.05) is 37.7 Å². The number of rotatable bonds is 8. The number of anilines is 1. The lowest BCUT2D eigenvalue weighted by Gasteiger charge is -2.45. The summed E-state index contributed by atoms with van der Waals surface area (Å²) in [6.45, 7) is 6.17. The normalized spacial score (nSPS) is 18.3. The third kappa shape index (κ3) is 6.72. The number of pyridine rings is 1. The number of β-amino-alcohol motifs (C(OH)–C–C–N with tert-alkyl or cyclic N) is 1. The van der Waals surface area contributed by atoms with Gasteiger partial charge in [-0.25, -0.2) is 0 Å². The molecule has 2 atom stereocenters. The highest BCUT2D eigenvalue weighted by atomic mass is 35.5. The lowest BCUT2D eigenvalue weighted by molar-refractivity contribution is -0.137. The minimum absolute atomic E-state index is 0.114. The van der Waals surface area contributed by atoms with Crippen molar-refractivity contribution in [2.45, 2.75) is 38.1 Å². The minimum atomic E-state index is -4.49. The summed E-state index contributed by atoms with van der Waals surface area (Å²) < 4.78 is 44.6. The molecule has 0 bridgehead atoms. The molecule has 1 fully saturated rings. The first-order chi connectivity index (χ1) is 18.0. The molecule has 38 heavy (non-hydrogen) atoms. The molecular formula is C28H30Cl2F3N3O2. The third-order valence-corrected chi connectivity index (χ3v) is 7.15. The second-order valence-corrected chi connectivity index (χ2v) is 10.5. The average Bonchev–Trinajstić information content (AvgIpc) is 2.87. The van der Waals surface area contributed by atoms with Crippen LogP contribution in [0.2, 0.25) is 10.0 Å². The van der Waals surface area contributed by atoms with E-state index in [0.29, 0.717) is 42.0 Å². The summed E-state index contributed by atoms with van der Waals surface area (Å²) in [5.41, 5.74) is -0.231. The number of piperazine rings is 1. The fourth-order valence-corrected chi connectivity index (χ4v) is 5.07. The van der Waals surface area contributed by atoms with E-state index in [1.54, 1.807) is 6.92 Å². The Balaban J connectivity index is 1.57. The van der Waals surface area contributed by atoms with Crippen LogP contribution in [0.4, 0.5) is 18.9 Å². The zero-order valence-corrected chi connectivity index (χ0v) is 22.7. The standard InChI is InChI=1S/C28H30Cl2F3N3O2/c1-3-14-38-22-9-10-24(23(30)15-22)36-13-12-35(17-25(36)19-4-7-21(29)8-5-19)18-27(2,37)26-11-6-20(16-34-26)28(31,32)33/h4-11,15-16,25,37H,3,12-14,17-18H2,1-2H3/t25-,27+/m0/s1. The van der Waals surface area contributed by atoms with Crippen LogP contribution < -0.4 is 9.64 Å². The van der Waals surface area contributed by atoms with Gasteiger partial charge in [0.05, 0.1) is 34.6 Å². The summed E-state index contributed by atoms with van der Waals surface area (Å²) in [4.78, 5) is 8.23. The van der Waals surface area contributed by atoms with Crippen LogP contribution >= 0.6 is 23.2 Å². The van der Waals surface area contributed by atoms with Gasteiger partial charge in [0.15, 0.2) is 0 Å². The van der Waals surface area contributed by atoms with Crippen LogP contribution in [-0.4, -0.2) is 47.8 Å². The molecule has 0 radical (unpaired) electrons. The van der Waals surface area contributed by atoms with E-state index in [1.807, 2.05) is 49.4 Å². The highest BCUT2D eigenvalue weighted by Crippen LogP contribution is 2.38. The molecule has 2 aromatic carbocycles. The van der Waals surface area contributed by atoms with Crippen molar-refractivity contribution in [3.63, 3.8) is 0 Å². The maximum Gasteiger partial charge on any atom is 0.417 e. The van der Waals surface area contributed by atoms with Crippen LogP contribution in [0.1, 0.15) is 43.1 Å². The van der Waals surface area contributed by atoms with Crippen molar-refractivity contribution in [3.8, 4) is 5.75 Å². The number of halogens is 5. The predicted octanol–water partition coefficient (Wildman–Crippen LogP) is 6.97. The molecule has 0 saturated carbocycles. The maximum absolute atomic E-state index is 13.0. The van der Waals surface area contributed by atoms with Crippen molar-refractivity contribution < 1.29 is 23.0 Å². The van der Waals surface area contributed by atoms with Crippen LogP contribution in [0.15, 0.2) is 60.8 Å². The lowest BCUT2D eigenvalue weighted by atomic mass is 9.97. The molecule has 1 aliphatic heterocycles. The van der Waals surface area contributed by atoms with E-state index in [9.17, 15) is 18.3 Å². The Morgan fingerprint density at radius 3 is 2.39 bits per heavy atom. The number of hydrogen-bond donors (Lipinski definition) is 1. The third-order valence-electron chi connectivity index (χ3n) is 6.59. The van der Waals surface area contributed by atoms with Gasteiger partial charge in [-0.1, -0.05) is 42.3 Å². The topological polar surface area (TPSA) is 48.8 Å². The van der Waals surface area contributed by atoms with Gasteiger partial charge in [0.2, 0.25) is 0 Å². The minimum Gasteiger partial charge on any atom is -0.494 e. The first-order valence-corrected chi connectivity index (χ1v) is 13.2. The van der Waals surface area contributed by atoms with E-state index < -0.39 is 17.3 Å². The summed E-state index contributed by atoms with van der Waals surface area (Å²) in [5, 5.41) is 12.4. The van der Waals surface area contributed by atoms with Gasteiger partial charge in [-0.05, 0) is 55.3 Å². The van der Waals surface area contributed by atoms with Gasteiger partial charge in [-0.2, -0.15) is 13.2 Å². The molecule has 2 heterocycles. The van der Waals surface area contributed by atoms with E-state index in [4.69, 9.17) is 27.9 Å². The van der Waals surface area contributed by atoms with Crippen molar-refractivity contribution in [1.82, 2.24) is 9.88 Å². The van der Waals surface area contributed by atoms with Gasteiger partial charge in [0.25, 0.3) is 0 Å². The molecule has 3 aromatic rings. The molecule has 1 saturated heterocycles. The van der Waals surface area contributed by atoms with Crippen molar-refractivity contribution in [3.05, 3.63) is 87.7 Å². The Hall–Kier alpha value is -2.52. The van der Waals surface area contributed by atoms with Gasteiger partial charge in [-0.3, -0.25) is 9.88 Å². The number of aliphatic hydroxyl groups is 1. The summed E-state index contributed by atoms with van der Waals surface area (Å²) in [7, 11) is 0. The molecule has 0 aliphatic carbocycles. The lowest BCUT2D eigenvalue weighted by Crippen LogP contribution is -2.52. The molecule has 10 heteroatoms. The van der Waals surface area contributed by atoms with Crippen LogP contribution in [-0.2, 0) is 11.8 Å². The van der Waals surface area contributed by atoms with E-state index in [1.165, 1.54) is 6.07 Å². The van der Waals surface area contributed by atoms with Crippen LogP contribution in [0, 0.1) is 0 Å². The SMILES string of the molecule is CCCOc1ccc(N2CCN(C[C@@](C)(O)c3ccc(C(F)(F)F)cn3)C[C@H]2c2ccc(Cl)cc2)c(Cl)c1. The quantitative estimate of drug-likeness (QED) is 0.318. The Kier molecular flexibility index (Phi) is 8.77. The predicted molar refractivity (Wildman–Crippen MR) is 144 cm³/mol. The van der Waals surface area contributed by atoms with E-state index >= 15 is 0 Å². The maximum atomic E-state index is 13.0. The van der Waals surface area contributed by atoms with Gasteiger partial charge >= 0.3 is 6.18 Å². The molecule has 0 amide bonds. The van der Waals surface area contributed by atoms with E-state index in [2.05, 4.69) is 14.8 Å². The highest BCUT2D eigenvalue weighted by Gasteiger charge is 2.36. The summed E-state index contributed by atoms with van der Waals surface area (Å²) >= 11 is 12.8. The van der Waals surface area contributed by atoms with Crippen LogP contribution in [0.25, 0.3) is 0 Å². The Bertz CT molecular complexity index is 1220. The molecule has 1 aliphatic rings. The van der Waals surface area contributed by atoms with Crippen LogP contribution in [0.3, 0.4) is 0 Å². The summed E-state index contributed by atoms with van der Waals surface area (Å²) in [5.74, 6) is 0.711. The first-order valence-electron chi connectivity index (χ1n) is 12.4. The number of nitrogens with zero attached hydrogens (tertiary/aromatic N) is 3.